The fraction of sp³-hybridized carbons (Fsp3) is 0.219. The largest absolute Gasteiger partial charge is 0.478 e. The van der Waals surface area contributed by atoms with Gasteiger partial charge in [-0.3, -0.25) is 0 Å². The highest BCUT2D eigenvalue weighted by molar-refractivity contribution is 7.19. The Hall–Kier alpha value is -3.63. The number of thiophene rings is 1. The summed E-state index contributed by atoms with van der Waals surface area (Å²) in [6, 6.07) is 25.2. The standard InChI is InChI=1S/C32H30O3S/c1-19-15-25(30-26-14-10-9-13-24(26)18-28-29(30)21(3)22(4)36-28)16-20(2)31(19)35-27(32(33)34-5)17-23-11-7-6-8-12-23/h6-16,18,27H,17H2,1-5H3. The molecule has 0 fully saturated rings. The number of carbonyl (C=O) groups excluding carboxylic acids is 1. The van der Waals surface area contributed by atoms with Crippen LogP contribution in [-0.2, 0) is 16.0 Å². The van der Waals surface area contributed by atoms with Crippen molar-refractivity contribution < 1.29 is 14.3 Å². The van der Waals surface area contributed by atoms with Gasteiger partial charge in [-0.2, -0.15) is 0 Å². The smallest absolute Gasteiger partial charge is 0.347 e. The maximum atomic E-state index is 12.6. The minimum Gasteiger partial charge on any atom is -0.478 e. The lowest BCUT2D eigenvalue weighted by Crippen LogP contribution is -2.31. The lowest BCUT2D eigenvalue weighted by Gasteiger charge is -2.21. The number of aryl methyl sites for hydroxylation is 4. The summed E-state index contributed by atoms with van der Waals surface area (Å²) in [5.74, 6) is 0.363. The molecule has 5 rings (SSSR count). The number of ether oxygens (including phenoxy) is 2. The van der Waals surface area contributed by atoms with E-state index in [0.29, 0.717) is 6.42 Å². The van der Waals surface area contributed by atoms with E-state index in [1.807, 2.05) is 41.7 Å². The zero-order valence-electron chi connectivity index (χ0n) is 21.3. The predicted molar refractivity (Wildman–Crippen MR) is 150 cm³/mol. The van der Waals surface area contributed by atoms with Gasteiger partial charge in [0.1, 0.15) is 5.75 Å². The van der Waals surface area contributed by atoms with Gasteiger partial charge in [0.2, 0.25) is 0 Å². The Kier molecular flexibility index (Phi) is 6.55. The van der Waals surface area contributed by atoms with Crippen molar-refractivity contribution in [2.75, 3.05) is 7.11 Å². The summed E-state index contributed by atoms with van der Waals surface area (Å²) in [6.07, 6.45) is -0.266. The third kappa shape index (κ3) is 4.38. The lowest BCUT2D eigenvalue weighted by atomic mass is 9.91. The third-order valence-corrected chi connectivity index (χ3v) is 8.07. The first-order chi connectivity index (χ1) is 17.4. The van der Waals surface area contributed by atoms with E-state index in [0.717, 1.165) is 28.0 Å². The second-order valence-electron chi connectivity index (χ2n) is 9.39. The quantitative estimate of drug-likeness (QED) is 0.224. The zero-order chi connectivity index (χ0) is 25.4. The van der Waals surface area contributed by atoms with Crippen LogP contribution in [0.15, 0.2) is 72.8 Å². The molecule has 0 N–H and O–H groups in total. The monoisotopic (exact) mass is 494 g/mol. The molecular weight excluding hydrogens is 464 g/mol. The van der Waals surface area contributed by atoms with Crippen molar-refractivity contribution in [1.82, 2.24) is 0 Å². The van der Waals surface area contributed by atoms with Gasteiger partial charge in [0.25, 0.3) is 0 Å². The molecule has 1 aromatic heterocycles. The number of carbonyl (C=O) groups is 1. The predicted octanol–water partition coefficient (Wildman–Crippen LogP) is 8.12. The van der Waals surface area contributed by atoms with E-state index in [4.69, 9.17) is 9.47 Å². The Morgan fingerprint density at radius 2 is 1.56 bits per heavy atom. The highest BCUT2D eigenvalue weighted by Gasteiger charge is 2.24. The van der Waals surface area contributed by atoms with Gasteiger partial charge in [0, 0.05) is 21.4 Å². The fourth-order valence-electron chi connectivity index (χ4n) is 5.05. The van der Waals surface area contributed by atoms with Crippen molar-refractivity contribution in [3.05, 3.63) is 99.9 Å². The van der Waals surface area contributed by atoms with Crippen LogP contribution in [0.1, 0.15) is 27.1 Å². The van der Waals surface area contributed by atoms with E-state index in [1.54, 1.807) is 0 Å². The number of fused-ring (bicyclic) bond motifs is 2. The average molecular weight is 495 g/mol. The van der Waals surface area contributed by atoms with Crippen LogP contribution in [0.3, 0.4) is 0 Å². The molecule has 0 aliphatic rings. The Morgan fingerprint density at radius 3 is 2.25 bits per heavy atom. The second kappa shape index (κ2) is 9.79. The highest BCUT2D eigenvalue weighted by atomic mass is 32.1. The number of esters is 1. The molecule has 182 valence electrons. The van der Waals surface area contributed by atoms with Crippen molar-refractivity contribution in [2.45, 2.75) is 40.2 Å². The van der Waals surface area contributed by atoms with E-state index >= 15 is 0 Å². The van der Waals surface area contributed by atoms with E-state index in [-0.39, 0.29) is 5.97 Å². The third-order valence-electron chi connectivity index (χ3n) is 6.92. The van der Waals surface area contributed by atoms with Crippen LogP contribution < -0.4 is 4.74 Å². The minimum absolute atomic E-state index is 0.373. The van der Waals surface area contributed by atoms with E-state index in [1.165, 1.54) is 44.0 Å². The van der Waals surface area contributed by atoms with Gasteiger partial charge in [0.05, 0.1) is 7.11 Å². The van der Waals surface area contributed by atoms with E-state index in [9.17, 15) is 4.79 Å². The Balaban J connectivity index is 1.61. The van der Waals surface area contributed by atoms with Crippen LogP contribution in [0, 0.1) is 27.7 Å². The van der Waals surface area contributed by atoms with Gasteiger partial charge in [-0.25, -0.2) is 4.79 Å². The van der Waals surface area contributed by atoms with Crippen molar-refractivity contribution >= 4 is 38.2 Å². The molecule has 0 saturated carbocycles. The number of hydrogen-bond acceptors (Lipinski definition) is 4. The van der Waals surface area contributed by atoms with Gasteiger partial charge in [0.15, 0.2) is 6.10 Å². The zero-order valence-corrected chi connectivity index (χ0v) is 22.2. The molecular formula is C32H30O3S. The Bertz CT molecular complexity index is 1560. The molecule has 0 radical (unpaired) electrons. The average Bonchev–Trinajstić information content (AvgIpc) is 3.16. The van der Waals surface area contributed by atoms with Gasteiger partial charge in [-0.1, -0.05) is 54.6 Å². The van der Waals surface area contributed by atoms with Crippen molar-refractivity contribution in [3.8, 4) is 16.9 Å². The SMILES string of the molecule is COC(=O)C(Cc1ccccc1)Oc1c(C)cc(-c2c3ccccc3cc3sc(C)c(C)c23)cc1C. The van der Waals surface area contributed by atoms with Crippen LogP contribution in [0.5, 0.6) is 5.75 Å². The molecule has 0 aliphatic heterocycles. The first-order valence-electron chi connectivity index (χ1n) is 12.2. The molecule has 3 nitrogen and oxygen atoms in total. The van der Waals surface area contributed by atoms with Gasteiger partial charge in [-0.15, -0.1) is 11.3 Å². The van der Waals surface area contributed by atoms with Crippen molar-refractivity contribution in [3.63, 3.8) is 0 Å². The molecule has 4 heteroatoms. The molecule has 4 aromatic carbocycles. The van der Waals surface area contributed by atoms with Gasteiger partial charge < -0.3 is 9.47 Å². The molecule has 1 unspecified atom stereocenters. The molecule has 1 heterocycles. The summed E-state index contributed by atoms with van der Waals surface area (Å²) in [5, 5.41) is 3.81. The van der Waals surface area contributed by atoms with Gasteiger partial charge >= 0.3 is 5.97 Å². The lowest BCUT2D eigenvalue weighted by molar-refractivity contribution is -0.148. The Labute approximate surface area is 216 Å². The maximum Gasteiger partial charge on any atom is 0.347 e. The van der Waals surface area contributed by atoms with E-state index < -0.39 is 6.10 Å². The number of benzene rings is 4. The molecule has 1 atom stereocenters. The van der Waals surface area contributed by atoms with Crippen LogP contribution in [0.2, 0.25) is 0 Å². The first kappa shape index (κ1) is 24.1. The summed E-state index contributed by atoms with van der Waals surface area (Å²) in [5.41, 5.74) is 6.78. The highest BCUT2D eigenvalue weighted by Crippen LogP contribution is 2.44. The first-order valence-corrected chi connectivity index (χ1v) is 13.0. The molecule has 5 aromatic rings. The molecule has 0 aliphatic carbocycles. The van der Waals surface area contributed by atoms with Crippen molar-refractivity contribution in [2.24, 2.45) is 0 Å². The topological polar surface area (TPSA) is 35.5 Å². The summed E-state index contributed by atoms with van der Waals surface area (Å²) >= 11 is 1.85. The summed E-state index contributed by atoms with van der Waals surface area (Å²) in [4.78, 5) is 14.0. The fourth-order valence-corrected chi connectivity index (χ4v) is 6.18. The van der Waals surface area contributed by atoms with Crippen LogP contribution in [0.25, 0.3) is 32.0 Å². The number of methoxy groups -OCH3 is 1. The van der Waals surface area contributed by atoms with Gasteiger partial charge in [-0.05, 0) is 90.0 Å². The van der Waals surface area contributed by atoms with Crippen molar-refractivity contribution in [1.29, 1.82) is 0 Å². The maximum absolute atomic E-state index is 12.6. The van der Waals surface area contributed by atoms with E-state index in [2.05, 4.69) is 70.2 Å². The summed E-state index contributed by atoms with van der Waals surface area (Å²) in [6.45, 7) is 8.52. The second-order valence-corrected chi connectivity index (χ2v) is 10.6. The molecule has 0 bridgehead atoms. The molecule has 0 spiro atoms. The summed E-state index contributed by atoms with van der Waals surface area (Å²) < 4.78 is 12.7. The minimum atomic E-state index is -0.716. The number of hydrogen-bond donors (Lipinski definition) is 0. The Morgan fingerprint density at radius 1 is 0.889 bits per heavy atom. The number of rotatable bonds is 6. The van der Waals surface area contributed by atoms with Crippen LogP contribution in [-0.4, -0.2) is 19.2 Å². The summed E-state index contributed by atoms with van der Waals surface area (Å²) in [7, 11) is 1.41. The molecule has 36 heavy (non-hydrogen) atoms. The van der Waals surface area contributed by atoms with Crippen LogP contribution in [0.4, 0.5) is 0 Å². The van der Waals surface area contributed by atoms with Crippen LogP contribution >= 0.6 is 11.3 Å². The normalized spacial score (nSPS) is 12.1. The molecule has 0 amide bonds. The molecule has 0 saturated heterocycles.